The van der Waals surface area contributed by atoms with Crippen LogP contribution in [-0.4, -0.2) is 16.1 Å². The van der Waals surface area contributed by atoms with Gasteiger partial charge in [-0.25, -0.2) is 4.98 Å². The van der Waals surface area contributed by atoms with Gasteiger partial charge in [-0.15, -0.1) is 0 Å². The van der Waals surface area contributed by atoms with Gasteiger partial charge in [-0.2, -0.15) is 0 Å². The molecule has 0 bridgehead atoms. The molecule has 3 rings (SSSR count). The average Bonchev–Trinajstić information content (AvgIpc) is 2.85. The van der Waals surface area contributed by atoms with Gasteiger partial charge < -0.3 is 9.72 Å². The summed E-state index contributed by atoms with van der Waals surface area (Å²) < 4.78 is 5.66. The summed E-state index contributed by atoms with van der Waals surface area (Å²) in [4.78, 5) is 7.97. The number of hydrogen-bond acceptors (Lipinski definition) is 2. The molecule has 3 aromatic rings. The van der Waals surface area contributed by atoms with Crippen molar-refractivity contribution in [2.45, 2.75) is 33.8 Å². The van der Waals surface area contributed by atoms with Crippen molar-refractivity contribution in [3.63, 3.8) is 0 Å². The highest BCUT2D eigenvalue weighted by Crippen LogP contribution is 2.37. The molecule has 1 heterocycles. The van der Waals surface area contributed by atoms with Crippen molar-refractivity contribution in [2.75, 3.05) is 0 Å². The van der Waals surface area contributed by atoms with Gasteiger partial charge in [0.15, 0.2) is 5.75 Å². The molecule has 0 saturated carbocycles. The zero-order valence-electron chi connectivity index (χ0n) is 13.5. The van der Waals surface area contributed by atoms with E-state index < -0.39 is 0 Å². The lowest BCUT2D eigenvalue weighted by atomic mass is 10.1. The number of hydrogen-bond donors (Lipinski definition) is 1. The number of benzene rings is 2. The van der Waals surface area contributed by atoms with Gasteiger partial charge in [-0.05, 0) is 63.1 Å². The topological polar surface area (TPSA) is 37.9 Å². The van der Waals surface area contributed by atoms with Crippen LogP contribution in [0.2, 0.25) is 10.0 Å². The van der Waals surface area contributed by atoms with Crippen LogP contribution in [0.4, 0.5) is 0 Å². The van der Waals surface area contributed by atoms with Crippen molar-refractivity contribution in [3.05, 3.63) is 45.4 Å². The van der Waals surface area contributed by atoms with Crippen LogP contribution in [-0.2, 0) is 0 Å². The molecule has 1 aromatic heterocycles. The van der Waals surface area contributed by atoms with Crippen molar-refractivity contribution in [2.24, 2.45) is 0 Å². The Balaban J connectivity index is 2.08. The minimum atomic E-state index is 0.00741. The Hall–Kier alpha value is -1.71. The predicted molar refractivity (Wildman–Crippen MR) is 96.8 cm³/mol. The second-order valence-corrected chi connectivity index (χ2v) is 6.79. The fourth-order valence-corrected chi connectivity index (χ4v) is 3.03. The molecule has 0 aliphatic carbocycles. The number of ether oxygens (including phenoxy) is 1. The quantitative estimate of drug-likeness (QED) is 0.635. The number of rotatable bonds is 3. The third-order valence-corrected chi connectivity index (χ3v) is 4.28. The van der Waals surface area contributed by atoms with Crippen molar-refractivity contribution in [3.8, 4) is 17.1 Å². The molecule has 0 spiro atoms. The van der Waals surface area contributed by atoms with Crippen LogP contribution >= 0.6 is 23.2 Å². The van der Waals surface area contributed by atoms with Crippen LogP contribution in [0.15, 0.2) is 24.3 Å². The third-order valence-electron chi connectivity index (χ3n) is 3.72. The largest absolute Gasteiger partial charge is 0.488 e. The highest BCUT2D eigenvalue weighted by Gasteiger charge is 2.14. The summed E-state index contributed by atoms with van der Waals surface area (Å²) in [6, 6.07) is 7.82. The molecular formula is C18H18Cl2N2O. The fraction of sp³-hybridized carbons (Fsp3) is 0.278. The van der Waals surface area contributed by atoms with E-state index in [1.54, 1.807) is 0 Å². The summed E-state index contributed by atoms with van der Waals surface area (Å²) in [6.07, 6.45) is 0.00741. The summed E-state index contributed by atoms with van der Waals surface area (Å²) >= 11 is 12.7. The summed E-state index contributed by atoms with van der Waals surface area (Å²) in [6.45, 7) is 8.03. The highest BCUT2D eigenvalue weighted by atomic mass is 35.5. The Morgan fingerprint density at radius 2 is 1.61 bits per heavy atom. The number of H-pyrrole nitrogens is 1. The van der Waals surface area contributed by atoms with Crippen molar-refractivity contribution in [1.29, 1.82) is 0 Å². The van der Waals surface area contributed by atoms with E-state index in [2.05, 4.69) is 35.9 Å². The summed E-state index contributed by atoms with van der Waals surface area (Å²) in [7, 11) is 0. The van der Waals surface area contributed by atoms with Crippen LogP contribution in [0.1, 0.15) is 25.0 Å². The standard InChI is InChI=1S/C18H18Cl2N2O/c1-9(2)23-17-13(19)7-12(8-14(17)20)18-21-15-5-10(3)11(4)6-16(15)22-18/h5-9H,1-4H3,(H,21,22). The Kier molecular flexibility index (Phi) is 4.26. The van der Waals surface area contributed by atoms with Gasteiger partial charge in [0, 0.05) is 5.56 Å². The molecule has 0 amide bonds. The first-order valence-corrected chi connectivity index (χ1v) is 8.24. The molecule has 5 heteroatoms. The Morgan fingerprint density at radius 3 is 2.22 bits per heavy atom. The lowest BCUT2D eigenvalue weighted by Crippen LogP contribution is -2.06. The number of aromatic amines is 1. The number of fused-ring (bicyclic) bond motifs is 1. The van der Waals surface area contributed by atoms with E-state index in [4.69, 9.17) is 27.9 Å². The molecule has 120 valence electrons. The van der Waals surface area contributed by atoms with E-state index in [9.17, 15) is 0 Å². The molecule has 0 radical (unpaired) electrons. The zero-order valence-corrected chi connectivity index (χ0v) is 15.0. The Bertz CT molecular complexity index is 822. The number of aromatic nitrogens is 2. The predicted octanol–water partition coefficient (Wildman–Crippen LogP) is 5.94. The summed E-state index contributed by atoms with van der Waals surface area (Å²) in [5.41, 5.74) is 5.20. The minimum absolute atomic E-state index is 0.00741. The molecule has 0 aliphatic rings. The maximum Gasteiger partial charge on any atom is 0.156 e. The molecule has 0 atom stereocenters. The third kappa shape index (κ3) is 3.17. The molecule has 23 heavy (non-hydrogen) atoms. The normalized spacial score (nSPS) is 11.4. The number of nitrogens with one attached hydrogen (secondary N) is 1. The molecule has 0 saturated heterocycles. The van der Waals surface area contributed by atoms with Gasteiger partial charge in [0.25, 0.3) is 0 Å². The van der Waals surface area contributed by atoms with Crippen LogP contribution in [0.3, 0.4) is 0 Å². The number of aryl methyl sites for hydroxylation is 2. The zero-order chi connectivity index (χ0) is 16.7. The maximum absolute atomic E-state index is 6.33. The number of nitrogens with zero attached hydrogens (tertiary/aromatic N) is 1. The van der Waals surface area contributed by atoms with Gasteiger partial charge in [0.1, 0.15) is 5.82 Å². The monoisotopic (exact) mass is 348 g/mol. The van der Waals surface area contributed by atoms with Gasteiger partial charge in [0.05, 0.1) is 27.2 Å². The second kappa shape index (κ2) is 6.06. The number of halogens is 2. The second-order valence-electron chi connectivity index (χ2n) is 5.97. The fourth-order valence-electron chi connectivity index (χ4n) is 2.45. The molecular weight excluding hydrogens is 331 g/mol. The van der Waals surface area contributed by atoms with Gasteiger partial charge in [-0.3, -0.25) is 0 Å². The number of imidazole rings is 1. The van der Waals surface area contributed by atoms with E-state index in [-0.39, 0.29) is 6.10 Å². The highest BCUT2D eigenvalue weighted by molar-refractivity contribution is 6.37. The van der Waals surface area contributed by atoms with Gasteiger partial charge >= 0.3 is 0 Å². The smallest absolute Gasteiger partial charge is 0.156 e. The van der Waals surface area contributed by atoms with E-state index in [0.717, 1.165) is 22.4 Å². The maximum atomic E-state index is 6.33. The van der Waals surface area contributed by atoms with Gasteiger partial charge in [0.2, 0.25) is 0 Å². The van der Waals surface area contributed by atoms with Crippen LogP contribution < -0.4 is 4.74 Å². The molecule has 0 fully saturated rings. The molecule has 0 aliphatic heterocycles. The SMILES string of the molecule is Cc1cc2nc(-c3cc(Cl)c(OC(C)C)c(Cl)c3)[nH]c2cc1C. The van der Waals surface area contributed by atoms with Crippen LogP contribution in [0, 0.1) is 13.8 Å². The summed E-state index contributed by atoms with van der Waals surface area (Å²) in [5.74, 6) is 1.25. The first-order chi connectivity index (χ1) is 10.8. The first-order valence-electron chi connectivity index (χ1n) is 7.48. The van der Waals surface area contributed by atoms with Crippen molar-refractivity contribution >= 4 is 34.2 Å². The Labute approximate surface area is 145 Å². The van der Waals surface area contributed by atoms with Gasteiger partial charge in [-0.1, -0.05) is 23.2 Å². The van der Waals surface area contributed by atoms with Crippen LogP contribution in [0.25, 0.3) is 22.4 Å². The lowest BCUT2D eigenvalue weighted by molar-refractivity contribution is 0.243. The molecule has 0 unspecified atom stereocenters. The molecule has 2 aromatic carbocycles. The van der Waals surface area contributed by atoms with Crippen molar-refractivity contribution in [1.82, 2.24) is 9.97 Å². The van der Waals surface area contributed by atoms with E-state index in [0.29, 0.717) is 15.8 Å². The average molecular weight is 349 g/mol. The minimum Gasteiger partial charge on any atom is -0.488 e. The lowest BCUT2D eigenvalue weighted by Gasteiger charge is -2.13. The van der Waals surface area contributed by atoms with Crippen molar-refractivity contribution < 1.29 is 4.74 Å². The van der Waals surface area contributed by atoms with E-state index in [1.165, 1.54) is 11.1 Å². The van der Waals surface area contributed by atoms with E-state index >= 15 is 0 Å². The molecule has 3 nitrogen and oxygen atoms in total. The van der Waals surface area contributed by atoms with E-state index in [1.807, 2.05) is 26.0 Å². The molecule has 1 N–H and O–H groups in total. The van der Waals surface area contributed by atoms with Crippen LogP contribution in [0.5, 0.6) is 5.75 Å². The first kappa shape index (κ1) is 16.2. The summed E-state index contributed by atoms with van der Waals surface area (Å²) in [5, 5.41) is 0.961. The Morgan fingerprint density at radius 1 is 1.00 bits per heavy atom.